The first-order valence-corrected chi connectivity index (χ1v) is 5.23. The molecule has 2 amide bonds. The van der Waals surface area contributed by atoms with Gasteiger partial charge in [0.15, 0.2) is 0 Å². The molecule has 90 valence electrons. The van der Waals surface area contributed by atoms with Gasteiger partial charge in [0.05, 0.1) is 5.92 Å². The lowest BCUT2D eigenvalue weighted by atomic mass is 9.97. The third-order valence-electron chi connectivity index (χ3n) is 2.67. The highest BCUT2D eigenvalue weighted by molar-refractivity contribution is 5.86. The number of esters is 1. The van der Waals surface area contributed by atoms with Crippen LogP contribution in [0.5, 0.6) is 0 Å². The molecule has 6 heteroatoms. The molecule has 1 saturated heterocycles. The monoisotopic (exact) mass is 228 g/mol. The summed E-state index contributed by atoms with van der Waals surface area (Å²) in [6.07, 6.45) is 0.365. The zero-order valence-electron chi connectivity index (χ0n) is 9.49. The maximum absolute atomic E-state index is 11.5. The van der Waals surface area contributed by atoms with Gasteiger partial charge in [0.2, 0.25) is 5.91 Å². The Morgan fingerprint density at radius 3 is 2.25 bits per heavy atom. The van der Waals surface area contributed by atoms with Gasteiger partial charge in [0.25, 0.3) is 0 Å². The molecule has 0 radical (unpaired) electrons. The highest BCUT2D eigenvalue weighted by Crippen LogP contribution is 2.18. The largest absolute Gasteiger partial charge is 0.414 e. The van der Waals surface area contributed by atoms with E-state index in [0.29, 0.717) is 25.9 Å². The van der Waals surface area contributed by atoms with E-state index in [0.717, 1.165) is 0 Å². The van der Waals surface area contributed by atoms with Crippen LogP contribution in [0.25, 0.3) is 0 Å². The minimum atomic E-state index is -0.737. The fourth-order valence-electron chi connectivity index (χ4n) is 1.66. The summed E-state index contributed by atoms with van der Waals surface area (Å²) >= 11 is 0. The first-order chi connectivity index (χ1) is 7.54. The SMILES string of the molecule is CNC(=O)OC(=O)C1CCN(C(C)=O)CC1. The van der Waals surface area contributed by atoms with Crippen molar-refractivity contribution < 1.29 is 19.1 Å². The first kappa shape index (κ1) is 12.5. The number of rotatable bonds is 1. The molecule has 1 N–H and O–H groups in total. The van der Waals surface area contributed by atoms with Gasteiger partial charge < -0.3 is 15.0 Å². The van der Waals surface area contributed by atoms with Crippen molar-refractivity contribution in [1.82, 2.24) is 10.2 Å². The second kappa shape index (κ2) is 5.48. The number of amides is 2. The van der Waals surface area contributed by atoms with Crippen LogP contribution in [0.2, 0.25) is 0 Å². The van der Waals surface area contributed by atoms with E-state index in [1.54, 1.807) is 4.90 Å². The topological polar surface area (TPSA) is 75.7 Å². The Morgan fingerprint density at radius 2 is 1.81 bits per heavy atom. The van der Waals surface area contributed by atoms with Crippen molar-refractivity contribution in [3.8, 4) is 0 Å². The number of nitrogens with zero attached hydrogens (tertiary/aromatic N) is 1. The van der Waals surface area contributed by atoms with Gasteiger partial charge in [-0.3, -0.25) is 9.59 Å². The van der Waals surface area contributed by atoms with Crippen molar-refractivity contribution in [2.24, 2.45) is 5.92 Å². The molecular weight excluding hydrogens is 212 g/mol. The second-order valence-electron chi connectivity index (χ2n) is 3.74. The fraction of sp³-hybridized carbons (Fsp3) is 0.700. The van der Waals surface area contributed by atoms with Crippen molar-refractivity contribution in [1.29, 1.82) is 0 Å². The number of carbonyl (C=O) groups excluding carboxylic acids is 3. The molecule has 1 heterocycles. The van der Waals surface area contributed by atoms with Gasteiger partial charge in [-0.1, -0.05) is 0 Å². The normalized spacial score (nSPS) is 16.8. The van der Waals surface area contributed by atoms with Crippen molar-refractivity contribution in [2.45, 2.75) is 19.8 Å². The number of piperidine rings is 1. The third kappa shape index (κ3) is 3.22. The number of likely N-dealkylation sites (tertiary alicyclic amines) is 1. The summed E-state index contributed by atoms with van der Waals surface area (Å²) < 4.78 is 4.54. The number of nitrogens with one attached hydrogen (secondary N) is 1. The smallest absolute Gasteiger partial charge is 0.376 e. The number of hydrogen-bond donors (Lipinski definition) is 1. The van der Waals surface area contributed by atoms with Gasteiger partial charge >= 0.3 is 12.1 Å². The van der Waals surface area contributed by atoms with Crippen molar-refractivity contribution in [3.63, 3.8) is 0 Å². The Hall–Kier alpha value is -1.59. The van der Waals surface area contributed by atoms with Gasteiger partial charge in [-0.05, 0) is 12.8 Å². The van der Waals surface area contributed by atoms with Crippen molar-refractivity contribution in [3.05, 3.63) is 0 Å². The average Bonchev–Trinajstić information content (AvgIpc) is 2.28. The molecule has 0 aromatic carbocycles. The van der Waals surface area contributed by atoms with Crippen LogP contribution in [0.4, 0.5) is 4.79 Å². The molecule has 1 fully saturated rings. The zero-order valence-corrected chi connectivity index (χ0v) is 9.49. The Labute approximate surface area is 93.9 Å². The average molecular weight is 228 g/mol. The predicted octanol–water partition coefficient (Wildman–Crippen LogP) is 0.127. The standard InChI is InChI=1S/C10H16N2O4/c1-7(13)12-5-3-8(4-6-12)9(14)16-10(15)11-2/h8H,3-6H2,1-2H3,(H,11,15). The lowest BCUT2D eigenvalue weighted by molar-refractivity contribution is -0.145. The maximum atomic E-state index is 11.5. The molecule has 0 aromatic heterocycles. The lowest BCUT2D eigenvalue weighted by Gasteiger charge is -2.29. The molecule has 6 nitrogen and oxygen atoms in total. The molecule has 0 bridgehead atoms. The van der Waals surface area contributed by atoms with E-state index in [9.17, 15) is 14.4 Å². The Kier molecular flexibility index (Phi) is 4.28. The van der Waals surface area contributed by atoms with Crippen molar-refractivity contribution in [2.75, 3.05) is 20.1 Å². The fourth-order valence-corrected chi connectivity index (χ4v) is 1.66. The van der Waals surface area contributed by atoms with Crippen LogP contribution in [-0.2, 0) is 14.3 Å². The van der Waals surface area contributed by atoms with Crippen LogP contribution in [0, 0.1) is 5.92 Å². The predicted molar refractivity (Wildman–Crippen MR) is 55.5 cm³/mol. The number of carbonyl (C=O) groups is 3. The van der Waals surface area contributed by atoms with Crippen LogP contribution in [0.3, 0.4) is 0 Å². The van der Waals surface area contributed by atoms with Crippen LogP contribution < -0.4 is 5.32 Å². The molecule has 0 saturated carbocycles. The molecule has 0 aromatic rings. The minimum absolute atomic E-state index is 0.0121. The summed E-state index contributed by atoms with van der Waals surface area (Å²) in [5.74, 6) is -0.784. The highest BCUT2D eigenvalue weighted by atomic mass is 16.6. The summed E-state index contributed by atoms with van der Waals surface area (Å²) in [6.45, 7) is 2.59. The van der Waals surface area contributed by atoms with Gasteiger partial charge in [0.1, 0.15) is 0 Å². The molecule has 0 spiro atoms. The number of hydrogen-bond acceptors (Lipinski definition) is 4. The highest BCUT2D eigenvalue weighted by Gasteiger charge is 2.28. The van der Waals surface area contributed by atoms with Gasteiger partial charge in [-0.25, -0.2) is 4.79 Å². The molecule has 1 aliphatic rings. The third-order valence-corrected chi connectivity index (χ3v) is 2.67. The van der Waals surface area contributed by atoms with Crippen molar-refractivity contribution >= 4 is 18.0 Å². The van der Waals surface area contributed by atoms with Crippen LogP contribution in [0.1, 0.15) is 19.8 Å². The van der Waals surface area contributed by atoms with E-state index < -0.39 is 12.1 Å². The summed E-state index contributed by atoms with van der Waals surface area (Å²) in [6, 6.07) is 0. The van der Waals surface area contributed by atoms with E-state index in [2.05, 4.69) is 10.1 Å². The molecule has 16 heavy (non-hydrogen) atoms. The molecule has 1 aliphatic heterocycles. The van der Waals surface area contributed by atoms with E-state index in [4.69, 9.17) is 0 Å². The Bertz CT molecular complexity index is 295. The summed E-state index contributed by atoms with van der Waals surface area (Å²) in [7, 11) is 1.40. The molecular formula is C10H16N2O4. The Balaban J connectivity index is 2.38. The lowest BCUT2D eigenvalue weighted by Crippen LogP contribution is -2.40. The summed E-state index contributed by atoms with van der Waals surface area (Å²) in [5, 5.41) is 2.22. The van der Waals surface area contributed by atoms with Crippen LogP contribution in [-0.4, -0.2) is 43.0 Å². The Morgan fingerprint density at radius 1 is 1.25 bits per heavy atom. The zero-order chi connectivity index (χ0) is 12.1. The van der Waals surface area contributed by atoms with E-state index >= 15 is 0 Å². The molecule has 0 aliphatic carbocycles. The van der Waals surface area contributed by atoms with Gasteiger partial charge in [-0.2, -0.15) is 0 Å². The van der Waals surface area contributed by atoms with Crippen LogP contribution in [0.15, 0.2) is 0 Å². The molecule has 0 unspecified atom stereocenters. The van der Waals surface area contributed by atoms with Crippen LogP contribution >= 0.6 is 0 Å². The quantitative estimate of drug-likeness (QED) is 0.511. The van der Waals surface area contributed by atoms with E-state index in [1.165, 1.54) is 14.0 Å². The number of ether oxygens (including phenoxy) is 1. The second-order valence-corrected chi connectivity index (χ2v) is 3.74. The van der Waals surface area contributed by atoms with Gasteiger partial charge in [0, 0.05) is 27.1 Å². The number of alkyl carbamates (subject to hydrolysis) is 1. The van der Waals surface area contributed by atoms with E-state index in [-0.39, 0.29) is 11.8 Å². The summed E-state index contributed by atoms with van der Waals surface area (Å²) in [5.41, 5.74) is 0. The van der Waals surface area contributed by atoms with Gasteiger partial charge in [-0.15, -0.1) is 0 Å². The first-order valence-electron chi connectivity index (χ1n) is 5.23. The molecule has 0 atom stereocenters. The molecule has 1 rings (SSSR count). The van der Waals surface area contributed by atoms with E-state index in [1.807, 2.05) is 0 Å². The summed E-state index contributed by atoms with van der Waals surface area (Å²) in [4.78, 5) is 35.0. The minimum Gasteiger partial charge on any atom is -0.376 e. The maximum Gasteiger partial charge on any atom is 0.414 e.